The number of halogens is 3. The Kier molecular flexibility index (Phi) is 4.22. The lowest BCUT2D eigenvalue weighted by molar-refractivity contribution is 0.102. The summed E-state index contributed by atoms with van der Waals surface area (Å²) in [6.45, 7) is 0. The van der Waals surface area contributed by atoms with E-state index >= 15 is 0 Å². The summed E-state index contributed by atoms with van der Waals surface area (Å²) in [5.41, 5.74) is 0.957. The van der Waals surface area contributed by atoms with E-state index in [9.17, 15) is 4.79 Å². The molecule has 2 aromatic rings. The van der Waals surface area contributed by atoms with Gasteiger partial charge in [-0.25, -0.2) is 4.98 Å². The Morgan fingerprint density at radius 2 is 1.78 bits per heavy atom. The highest BCUT2D eigenvalue weighted by Crippen LogP contribution is 2.22. The Morgan fingerprint density at radius 3 is 2.39 bits per heavy atom. The Morgan fingerprint density at radius 1 is 1.11 bits per heavy atom. The molecule has 1 aromatic heterocycles. The van der Waals surface area contributed by atoms with Crippen molar-refractivity contribution in [2.45, 2.75) is 0 Å². The molecule has 0 saturated heterocycles. The van der Waals surface area contributed by atoms with Crippen LogP contribution < -0.4 is 5.32 Å². The first-order chi connectivity index (χ1) is 8.56. The zero-order valence-corrected chi connectivity index (χ0v) is 12.1. The number of carbonyl (C=O) groups excluding carboxylic acids is 1. The van der Waals surface area contributed by atoms with Crippen molar-refractivity contribution in [1.29, 1.82) is 0 Å². The molecule has 0 fully saturated rings. The summed E-state index contributed by atoms with van der Waals surface area (Å²) in [6.07, 6.45) is 0. The van der Waals surface area contributed by atoms with Gasteiger partial charge in [-0.2, -0.15) is 0 Å². The minimum atomic E-state index is -0.256. The van der Waals surface area contributed by atoms with Gasteiger partial charge in [-0.15, -0.1) is 0 Å². The maximum absolute atomic E-state index is 11.9. The van der Waals surface area contributed by atoms with E-state index < -0.39 is 0 Å². The third-order valence-corrected chi connectivity index (χ3v) is 3.20. The van der Waals surface area contributed by atoms with Crippen LogP contribution in [-0.4, -0.2) is 10.9 Å². The topological polar surface area (TPSA) is 42.0 Å². The zero-order valence-electron chi connectivity index (χ0n) is 8.95. The quantitative estimate of drug-likeness (QED) is 0.819. The van der Waals surface area contributed by atoms with Gasteiger partial charge in [0.1, 0.15) is 5.15 Å². The van der Waals surface area contributed by atoms with Gasteiger partial charge in [0, 0.05) is 10.0 Å². The summed E-state index contributed by atoms with van der Waals surface area (Å²) < 4.78 is 0.908. The summed E-state index contributed by atoms with van der Waals surface area (Å²) >= 11 is 14.8. The SMILES string of the molecule is O=C(Nc1ccc(Cl)nc1Cl)c1ccc(Br)cc1. The number of hydrogen-bond donors (Lipinski definition) is 1. The predicted octanol–water partition coefficient (Wildman–Crippen LogP) is 4.40. The summed E-state index contributed by atoms with van der Waals surface area (Å²) in [6, 6.07) is 10.2. The minimum absolute atomic E-state index is 0.160. The van der Waals surface area contributed by atoms with Crippen molar-refractivity contribution in [3.05, 3.63) is 56.7 Å². The zero-order chi connectivity index (χ0) is 13.1. The molecule has 0 unspecified atom stereocenters. The molecule has 6 heteroatoms. The summed E-state index contributed by atoms with van der Waals surface area (Å²) in [4.78, 5) is 15.8. The van der Waals surface area contributed by atoms with Gasteiger partial charge >= 0.3 is 0 Å². The van der Waals surface area contributed by atoms with Crippen LogP contribution >= 0.6 is 39.1 Å². The summed E-state index contributed by atoms with van der Waals surface area (Å²) in [5, 5.41) is 3.11. The molecular weight excluding hydrogens is 339 g/mol. The lowest BCUT2D eigenvalue weighted by Crippen LogP contribution is -2.12. The molecule has 0 radical (unpaired) electrons. The maximum Gasteiger partial charge on any atom is 0.255 e. The van der Waals surface area contributed by atoms with Gasteiger partial charge in [-0.3, -0.25) is 4.79 Å². The molecule has 0 spiro atoms. The van der Waals surface area contributed by atoms with Crippen molar-refractivity contribution in [1.82, 2.24) is 4.98 Å². The second-order valence-electron chi connectivity index (χ2n) is 3.43. The van der Waals surface area contributed by atoms with E-state index in [-0.39, 0.29) is 16.2 Å². The molecule has 92 valence electrons. The van der Waals surface area contributed by atoms with Gasteiger partial charge < -0.3 is 5.32 Å². The predicted molar refractivity (Wildman–Crippen MR) is 76.4 cm³/mol. The average Bonchev–Trinajstić information content (AvgIpc) is 2.33. The molecule has 0 atom stereocenters. The highest BCUT2D eigenvalue weighted by atomic mass is 79.9. The number of nitrogens with zero attached hydrogens (tertiary/aromatic N) is 1. The molecule has 0 aliphatic carbocycles. The van der Waals surface area contributed by atoms with Crippen molar-refractivity contribution in [2.24, 2.45) is 0 Å². The number of benzene rings is 1. The number of hydrogen-bond acceptors (Lipinski definition) is 2. The van der Waals surface area contributed by atoms with Gasteiger partial charge in [0.2, 0.25) is 0 Å². The molecule has 0 saturated carbocycles. The van der Waals surface area contributed by atoms with Crippen molar-refractivity contribution < 1.29 is 4.79 Å². The Bertz CT molecular complexity index is 587. The largest absolute Gasteiger partial charge is 0.319 e. The van der Waals surface area contributed by atoms with Gasteiger partial charge in [-0.05, 0) is 36.4 Å². The smallest absolute Gasteiger partial charge is 0.255 e. The lowest BCUT2D eigenvalue weighted by Gasteiger charge is -2.06. The van der Waals surface area contributed by atoms with Crippen LogP contribution in [0.3, 0.4) is 0 Å². The molecular formula is C12H7BrCl2N2O. The first-order valence-electron chi connectivity index (χ1n) is 4.95. The Balaban J connectivity index is 2.18. The maximum atomic E-state index is 11.9. The molecule has 1 amide bonds. The monoisotopic (exact) mass is 344 g/mol. The van der Waals surface area contributed by atoms with E-state index in [1.54, 1.807) is 36.4 Å². The van der Waals surface area contributed by atoms with Crippen molar-refractivity contribution in [3.8, 4) is 0 Å². The number of amides is 1. The van der Waals surface area contributed by atoms with Crippen LogP contribution in [0.25, 0.3) is 0 Å². The van der Waals surface area contributed by atoms with E-state index in [0.717, 1.165) is 4.47 Å². The third kappa shape index (κ3) is 3.22. The molecule has 1 N–H and O–H groups in total. The Hall–Kier alpha value is -1.10. The fraction of sp³-hybridized carbons (Fsp3) is 0. The van der Waals surface area contributed by atoms with Crippen LogP contribution in [0.15, 0.2) is 40.9 Å². The lowest BCUT2D eigenvalue weighted by atomic mass is 10.2. The number of pyridine rings is 1. The normalized spacial score (nSPS) is 10.2. The number of aromatic nitrogens is 1. The van der Waals surface area contributed by atoms with Crippen LogP contribution in [0, 0.1) is 0 Å². The number of anilines is 1. The van der Waals surface area contributed by atoms with E-state index in [1.165, 1.54) is 0 Å². The standard InChI is InChI=1S/C12H7BrCl2N2O/c13-8-3-1-7(2-4-8)12(18)16-9-5-6-10(14)17-11(9)15/h1-6H,(H,16,18). The van der Waals surface area contributed by atoms with E-state index in [1.807, 2.05) is 0 Å². The number of rotatable bonds is 2. The molecule has 3 nitrogen and oxygen atoms in total. The first kappa shape index (κ1) is 13.3. The van der Waals surface area contributed by atoms with E-state index in [2.05, 4.69) is 26.2 Å². The molecule has 1 heterocycles. The van der Waals surface area contributed by atoms with Crippen molar-refractivity contribution in [2.75, 3.05) is 5.32 Å². The van der Waals surface area contributed by atoms with Crippen LogP contribution in [0.2, 0.25) is 10.3 Å². The number of nitrogens with one attached hydrogen (secondary N) is 1. The molecule has 18 heavy (non-hydrogen) atoms. The van der Waals surface area contributed by atoms with Gasteiger partial charge in [0.25, 0.3) is 5.91 Å². The molecule has 2 rings (SSSR count). The third-order valence-electron chi connectivity index (χ3n) is 2.17. The second kappa shape index (κ2) is 5.69. The van der Waals surface area contributed by atoms with E-state index in [0.29, 0.717) is 11.3 Å². The molecule has 0 aliphatic heterocycles. The highest BCUT2D eigenvalue weighted by molar-refractivity contribution is 9.10. The van der Waals surface area contributed by atoms with E-state index in [4.69, 9.17) is 23.2 Å². The van der Waals surface area contributed by atoms with Crippen LogP contribution in [0.4, 0.5) is 5.69 Å². The first-order valence-corrected chi connectivity index (χ1v) is 6.50. The molecule has 0 aliphatic rings. The van der Waals surface area contributed by atoms with Gasteiger partial charge in [-0.1, -0.05) is 39.1 Å². The summed E-state index contributed by atoms with van der Waals surface area (Å²) in [5.74, 6) is -0.256. The van der Waals surface area contributed by atoms with Crippen LogP contribution in [0.1, 0.15) is 10.4 Å². The van der Waals surface area contributed by atoms with Crippen molar-refractivity contribution in [3.63, 3.8) is 0 Å². The van der Waals surface area contributed by atoms with Crippen LogP contribution in [0.5, 0.6) is 0 Å². The summed E-state index contributed by atoms with van der Waals surface area (Å²) in [7, 11) is 0. The molecule has 0 bridgehead atoms. The fourth-order valence-electron chi connectivity index (χ4n) is 1.30. The van der Waals surface area contributed by atoms with Crippen LogP contribution in [-0.2, 0) is 0 Å². The fourth-order valence-corrected chi connectivity index (χ4v) is 1.96. The van der Waals surface area contributed by atoms with Gasteiger partial charge in [0.05, 0.1) is 5.69 Å². The molecule has 1 aromatic carbocycles. The highest BCUT2D eigenvalue weighted by Gasteiger charge is 2.09. The van der Waals surface area contributed by atoms with Gasteiger partial charge in [0.15, 0.2) is 5.15 Å². The second-order valence-corrected chi connectivity index (χ2v) is 5.09. The Labute approximate surface area is 122 Å². The van der Waals surface area contributed by atoms with Crippen molar-refractivity contribution >= 4 is 50.7 Å². The average molecular weight is 346 g/mol. The minimum Gasteiger partial charge on any atom is -0.319 e. The number of carbonyl (C=O) groups is 1.